The van der Waals surface area contributed by atoms with Crippen molar-refractivity contribution >= 4 is 35.5 Å². The number of nitrogens with two attached hydrogens (primary N) is 3. The predicted octanol–water partition coefficient (Wildman–Crippen LogP) is -0.0523. The molecule has 1 aliphatic rings. The first-order valence-corrected chi connectivity index (χ1v) is 18.3. The smallest absolute Gasteiger partial charge is 0.330 e. The SMILES string of the molecule is CC(C)C[C@@H](NC(=O)[C@@H](Cc1ccccc1)NC(=O)[C@H](N)Cc1ccccc1)C(=O)N[C@H](CCCCN)C(=O)N1CCC(NC(=O)C(N)C(=O)O)CC1. The van der Waals surface area contributed by atoms with Gasteiger partial charge in [0, 0.05) is 25.6 Å². The van der Waals surface area contributed by atoms with Crippen LogP contribution in [0.2, 0.25) is 0 Å². The number of rotatable bonds is 20. The van der Waals surface area contributed by atoms with Gasteiger partial charge in [-0.2, -0.15) is 0 Å². The van der Waals surface area contributed by atoms with E-state index in [-0.39, 0.29) is 50.2 Å². The zero-order valence-corrected chi connectivity index (χ0v) is 30.7. The molecule has 0 bridgehead atoms. The van der Waals surface area contributed by atoms with Crippen LogP contribution in [0.5, 0.6) is 0 Å². The number of hydrogen-bond acceptors (Lipinski definition) is 9. The van der Waals surface area contributed by atoms with Crippen molar-refractivity contribution in [3.05, 3.63) is 71.8 Å². The van der Waals surface area contributed by atoms with Gasteiger partial charge in [-0.05, 0) is 68.5 Å². The number of piperidine rings is 1. The first-order chi connectivity index (χ1) is 25.3. The van der Waals surface area contributed by atoms with Crippen LogP contribution in [-0.2, 0) is 41.6 Å². The second kappa shape index (κ2) is 21.6. The summed E-state index contributed by atoms with van der Waals surface area (Å²) < 4.78 is 0. The van der Waals surface area contributed by atoms with Gasteiger partial charge in [-0.25, -0.2) is 4.79 Å². The van der Waals surface area contributed by atoms with Gasteiger partial charge in [-0.15, -0.1) is 0 Å². The molecule has 1 heterocycles. The van der Waals surface area contributed by atoms with Crippen molar-refractivity contribution in [3.63, 3.8) is 0 Å². The molecule has 0 spiro atoms. The Morgan fingerprint density at radius 3 is 1.81 bits per heavy atom. The minimum atomic E-state index is -1.68. The molecule has 290 valence electrons. The molecule has 0 aromatic heterocycles. The molecule has 0 radical (unpaired) electrons. The van der Waals surface area contributed by atoms with E-state index in [1.54, 1.807) is 4.90 Å². The Kier molecular flexibility index (Phi) is 17.4. The first-order valence-electron chi connectivity index (χ1n) is 18.3. The number of carbonyl (C=O) groups is 6. The zero-order valence-electron chi connectivity index (χ0n) is 30.7. The summed E-state index contributed by atoms with van der Waals surface area (Å²) in [7, 11) is 0. The third-order valence-electron chi connectivity index (χ3n) is 9.15. The Bertz CT molecular complexity index is 1500. The number of carbonyl (C=O) groups excluding carboxylic acids is 5. The van der Waals surface area contributed by atoms with Gasteiger partial charge in [0.25, 0.3) is 0 Å². The van der Waals surface area contributed by atoms with Crippen molar-refractivity contribution in [2.24, 2.45) is 23.1 Å². The lowest BCUT2D eigenvalue weighted by Crippen LogP contribution is -2.59. The van der Waals surface area contributed by atoms with Gasteiger partial charge in [-0.3, -0.25) is 24.0 Å². The molecule has 15 nitrogen and oxygen atoms in total. The quantitative estimate of drug-likeness (QED) is 0.0665. The molecule has 0 aliphatic carbocycles. The number of nitrogens with zero attached hydrogens (tertiary/aromatic N) is 1. The molecule has 2 aromatic rings. The van der Waals surface area contributed by atoms with Crippen molar-refractivity contribution < 1.29 is 33.9 Å². The van der Waals surface area contributed by atoms with E-state index in [2.05, 4.69) is 21.3 Å². The third-order valence-corrected chi connectivity index (χ3v) is 9.15. The molecule has 2 aromatic carbocycles. The fourth-order valence-corrected chi connectivity index (χ4v) is 6.16. The van der Waals surface area contributed by atoms with Crippen LogP contribution in [0.4, 0.5) is 0 Å². The predicted molar refractivity (Wildman–Crippen MR) is 200 cm³/mol. The van der Waals surface area contributed by atoms with Crippen LogP contribution in [-0.4, -0.2) is 101 Å². The summed E-state index contributed by atoms with van der Waals surface area (Å²) in [6.07, 6.45) is 2.98. The van der Waals surface area contributed by atoms with Crippen LogP contribution in [0.1, 0.15) is 63.5 Å². The second-order valence-electron chi connectivity index (χ2n) is 14.0. The Labute approximate surface area is 311 Å². The molecular formula is C38H56N8O7. The maximum absolute atomic E-state index is 13.9. The second-order valence-corrected chi connectivity index (χ2v) is 14.0. The Morgan fingerprint density at radius 2 is 1.26 bits per heavy atom. The van der Waals surface area contributed by atoms with Crippen molar-refractivity contribution in [2.45, 2.75) is 101 Å². The van der Waals surface area contributed by atoms with Crippen molar-refractivity contribution in [2.75, 3.05) is 19.6 Å². The lowest BCUT2D eigenvalue weighted by molar-refractivity contribution is -0.143. The summed E-state index contributed by atoms with van der Waals surface area (Å²) in [5.74, 6) is -4.15. The highest BCUT2D eigenvalue weighted by Gasteiger charge is 2.34. The summed E-state index contributed by atoms with van der Waals surface area (Å²) >= 11 is 0. The van der Waals surface area contributed by atoms with Gasteiger partial charge in [-0.1, -0.05) is 74.5 Å². The number of carboxylic acid groups (broad SMARTS) is 1. The normalized spacial score (nSPS) is 16.1. The molecule has 5 atom stereocenters. The maximum atomic E-state index is 13.9. The van der Waals surface area contributed by atoms with E-state index < -0.39 is 59.8 Å². The van der Waals surface area contributed by atoms with E-state index in [0.717, 1.165) is 11.1 Å². The summed E-state index contributed by atoms with van der Waals surface area (Å²) in [4.78, 5) is 79.7. The number of hydrogen-bond donors (Lipinski definition) is 8. The Hall–Kier alpha value is -4.86. The number of likely N-dealkylation sites (tertiary alicyclic amines) is 1. The van der Waals surface area contributed by atoms with Gasteiger partial charge in [0.15, 0.2) is 6.04 Å². The van der Waals surface area contributed by atoms with Gasteiger partial charge in [0.1, 0.15) is 18.1 Å². The number of unbranched alkanes of at least 4 members (excludes halogenated alkanes) is 1. The number of carboxylic acids is 1. The Morgan fingerprint density at radius 1 is 0.736 bits per heavy atom. The fourth-order valence-electron chi connectivity index (χ4n) is 6.16. The number of amides is 5. The number of aliphatic carboxylic acids is 1. The van der Waals surface area contributed by atoms with E-state index in [9.17, 15) is 28.8 Å². The molecule has 15 heteroatoms. The first kappa shape index (κ1) is 42.6. The molecule has 1 unspecified atom stereocenters. The summed E-state index contributed by atoms with van der Waals surface area (Å²) in [5.41, 5.74) is 19.1. The molecule has 5 amide bonds. The van der Waals surface area contributed by atoms with Crippen LogP contribution in [0.25, 0.3) is 0 Å². The van der Waals surface area contributed by atoms with Crippen LogP contribution < -0.4 is 38.5 Å². The van der Waals surface area contributed by atoms with Crippen LogP contribution >= 0.6 is 0 Å². The van der Waals surface area contributed by atoms with Crippen LogP contribution in [0, 0.1) is 5.92 Å². The largest absolute Gasteiger partial charge is 0.480 e. The van der Waals surface area contributed by atoms with E-state index in [0.29, 0.717) is 38.6 Å². The van der Waals surface area contributed by atoms with E-state index in [4.69, 9.17) is 22.3 Å². The molecule has 1 aliphatic heterocycles. The highest BCUT2D eigenvalue weighted by atomic mass is 16.4. The average molecular weight is 737 g/mol. The van der Waals surface area contributed by atoms with Crippen molar-refractivity contribution in [1.29, 1.82) is 0 Å². The third kappa shape index (κ3) is 14.2. The highest BCUT2D eigenvalue weighted by molar-refractivity contribution is 6.01. The van der Waals surface area contributed by atoms with Crippen molar-refractivity contribution in [3.8, 4) is 0 Å². The monoisotopic (exact) mass is 736 g/mol. The standard InChI is InChI=1S/C38H56N8O7/c1-24(2)21-30(45-35(49)31(23-26-13-7-4-8-14-26)44-33(47)28(40)22-25-11-5-3-6-12-25)34(48)43-29(15-9-10-18-39)37(51)46-19-16-27(17-20-46)42-36(50)32(41)38(52)53/h3-8,11-14,24,27-32H,9-10,15-23,39-41H2,1-2H3,(H,42,50)(H,43,48)(H,44,47)(H,45,49)(H,52,53)/t28-,29-,30-,31-,32?/m1/s1. The maximum Gasteiger partial charge on any atom is 0.330 e. The van der Waals surface area contributed by atoms with E-state index in [1.807, 2.05) is 74.5 Å². The number of benzene rings is 2. The van der Waals surface area contributed by atoms with Crippen molar-refractivity contribution in [1.82, 2.24) is 26.2 Å². The van der Waals surface area contributed by atoms with E-state index in [1.165, 1.54) is 0 Å². The minimum Gasteiger partial charge on any atom is -0.480 e. The molecule has 1 fully saturated rings. The molecule has 53 heavy (non-hydrogen) atoms. The lowest BCUT2D eigenvalue weighted by atomic mass is 9.99. The zero-order chi connectivity index (χ0) is 38.9. The lowest BCUT2D eigenvalue weighted by Gasteiger charge is -2.35. The van der Waals surface area contributed by atoms with Crippen LogP contribution in [0.3, 0.4) is 0 Å². The molecule has 3 rings (SSSR count). The summed E-state index contributed by atoms with van der Waals surface area (Å²) in [6, 6.07) is 12.6. The summed E-state index contributed by atoms with van der Waals surface area (Å²) in [6.45, 7) is 4.78. The van der Waals surface area contributed by atoms with E-state index >= 15 is 0 Å². The molecule has 11 N–H and O–H groups in total. The molecular weight excluding hydrogens is 680 g/mol. The number of nitrogens with one attached hydrogen (secondary N) is 4. The van der Waals surface area contributed by atoms with Gasteiger partial charge in [0.05, 0.1) is 6.04 Å². The topological polar surface area (TPSA) is 252 Å². The minimum absolute atomic E-state index is 0.0117. The fraction of sp³-hybridized carbons (Fsp3) is 0.526. The van der Waals surface area contributed by atoms with Gasteiger partial charge in [0.2, 0.25) is 29.5 Å². The molecule has 1 saturated heterocycles. The van der Waals surface area contributed by atoms with Gasteiger partial charge < -0.3 is 48.5 Å². The highest BCUT2D eigenvalue weighted by Crippen LogP contribution is 2.15. The summed E-state index contributed by atoms with van der Waals surface area (Å²) in [5, 5.41) is 20.2. The van der Waals surface area contributed by atoms with Gasteiger partial charge >= 0.3 is 5.97 Å². The Balaban J connectivity index is 1.73. The molecule has 0 saturated carbocycles. The van der Waals surface area contributed by atoms with Crippen LogP contribution in [0.15, 0.2) is 60.7 Å². The average Bonchev–Trinajstić information content (AvgIpc) is 3.14.